The van der Waals surface area contributed by atoms with Crippen LogP contribution in [0.25, 0.3) is 0 Å². The zero-order valence-electron chi connectivity index (χ0n) is 15.9. The number of benzene rings is 1. The third kappa shape index (κ3) is 5.26. The second kappa shape index (κ2) is 9.28. The van der Waals surface area contributed by atoms with Crippen LogP contribution in [-0.4, -0.2) is 49.2 Å². The first-order chi connectivity index (χ1) is 13.1. The molecule has 146 valence electrons. The zero-order valence-corrected chi connectivity index (χ0v) is 17.5. The monoisotopic (exact) mass is 408 g/mol. The molecule has 0 saturated heterocycles. The van der Waals surface area contributed by atoms with Crippen LogP contribution in [0, 0.1) is 6.92 Å². The summed E-state index contributed by atoms with van der Waals surface area (Å²) in [6.07, 6.45) is 0.773. The van der Waals surface area contributed by atoms with Crippen molar-refractivity contribution in [3.05, 3.63) is 38.8 Å². The molecule has 0 atom stereocenters. The van der Waals surface area contributed by atoms with E-state index in [-0.39, 0.29) is 0 Å². The first-order valence-electron chi connectivity index (χ1n) is 9.05. The zero-order chi connectivity index (χ0) is 19.2. The van der Waals surface area contributed by atoms with Crippen LogP contribution in [-0.2, 0) is 13.0 Å². The Bertz CT molecular complexity index is 809. The van der Waals surface area contributed by atoms with E-state index in [1.165, 1.54) is 0 Å². The molecule has 2 heterocycles. The summed E-state index contributed by atoms with van der Waals surface area (Å²) >= 11 is 7.98. The van der Waals surface area contributed by atoms with Crippen LogP contribution in [0.3, 0.4) is 0 Å². The van der Waals surface area contributed by atoms with Crippen LogP contribution in [0.2, 0.25) is 5.02 Å². The first kappa shape index (κ1) is 19.8. The van der Waals surface area contributed by atoms with E-state index in [9.17, 15) is 0 Å². The number of nitrogens with one attached hydrogen (secondary N) is 1. The maximum atomic E-state index is 6.31. The van der Waals surface area contributed by atoms with Crippen LogP contribution < -0.4 is 14.8 Å². The number of hydrogen-bond donors (Lipinski definition) is 1. The van der Waals surface area contributed by atoms with E-state index >= 15 is 0 Å². The molecule has 0 aliphatic carbocycles. The van der Waals surface area contributed by atoms with Gasteiger partial charge in [0.2, 0.25) is 0 Å². The number of hydrogen-bond acceptors (Lipinski definition) is 5. The quantitative estimate of drug-likeness (QED) is 0.585. The molecule has 0 spiro atoms. The summed E-state index contributed by atoms with van der Waals surface area (Å²) in [6, 6.07) is 3.92. The Balaban J connectivity index is 1.64. The van der Waals surface area contributed by atoms with Crippen LogP contribution in [0.1, 0.15) is 23.2 Å². The average molecular weight is 409 g/mol. The number of guanidine groups is 1. The van der Waals surface area contributed by atoms with E-state index in [1.54, 1.807) is 11.3 Å². The Kier molecular flexibility index (Phi) is 6.79. The predicted octanol–water partition coefficient (Wildman–Crippen LogP) is 3.52. The SMILES string of the molecule is CCNC(=NCCc1cc(Cl)c2c(c1)OCCO2)N(C)Cc1csc(C)n1. The number of rotatable bonds is 6. The number of aliphatic imine (C=N–C) groups is 1. The fourth-order valence-electron chi connectivity index (χ4n) is 2.87. The van der Waals surface area contributed by atoms with E-state index in [0.717, 1.165) is 47.5 Å². The summed E-state index contributed by atoms with van der Waals surface area (Å²) in [5.74, 6) is 2.23. The molecule has 8 heteroatoms. The van der Waals surface area contributed by atoms with Gasteiger partial charge in [-0.3, -0.25) is 4.99 Å². The van der Waals surface area contributed by atoms with Crippen LogP contribution in [0.5, 0.6) is 11.5 Å². The molecule has 27 heavy (non-hydrogen) atoms. The molecule has 1 aromatic heterocycles. The molecule has 1 aromatic carbocycles. The van der Waals surface area contributed by atoms with Gasteiger partial charge in [0, 0.05) is 25.5 Å². The lowest BCUT2D eigenvalue weighted by Gasteiger charge is -2.21. The highest BCUT2D eigenvalue weighted by Crippen LogP contribution is 2.38. The number of nitrogens with zero attached hydrogens (tertiary/aromatic N) is 3. The van der Waals surface area contributed by atoms with E-state index < -0.39 is 0 Å². The van der Waals surface area contributed by atoms with Crippen LogP contribution >= 0.6 is 22.9 Å². The molecular formula is C19H25ClN4O2S. The topological polar surface area (TPSA) is 59.0 Å². The van der Waals surface area contributed by atoms with Crippen molar-refractivity contribution in [3.8, 4) is 11.5 Å². The van der Waals surface area contributed by atoms with Gasteiger partial charge in [-0.1, -0.05) is 11.6 Å². The van der Waals surface area contributed by atoms with Gasteiger partial charge >= 0.3 is 0 Å². The van der Waals surface area contributed by atoms with Crippen LogP contribution in [0.15, 0.2) is 22.5 Å². The van der Waals surface area contributed by atoms with Crippen molar-refractivity contribution in [3.63, 3.8) is 0 Å². The van der Waals surface area contributed by atoms with Gasteiger partial charge in [-0.25, -0.2) is 4.98 Å². The van der Waals surface area contributed by atoms with E-state index in [2.05, 4.69) is 27.5 Å². The molecule has 0 unspecified atom stereocenters. The highest BCUT2D eigenvalue weighted by Gasteiger charge is 2.16. The number of aryl methyl sites for hydroxylation is 1. The van der Waals surface area contributed by atoms with Crippen LogP contribution in [0.4, 0.5) is 0 Å². The van der Waals surface area contributed by atoms with Gasteiger partial charge < -0.3 is 19.7 Å². The van der Waals surface area contributed by atoms with Gasteiger partial charge in [0.15, 0.2) is 17.5 Å². The number of thiazole rings is 1. The molecular weight excluding hydrogens is 384 g/mol. The number of ether oxygens (including phenoxy) is 2. The second-order valence-corrected chi connectivity index (χ2v) is 7.77. The van der Waals surface area contributed by atoms with Crippen molar-refractivity contribution in [1.82, 2.24) is 15.2 Å². The van der Waals surface area contributed by atoms with Crippen molar-refractivity contribution in [1.29, 1.82) is 0 Å². The molecule has 1 aliphatic rings. The average Bonchev–Trinajstić information content (AvgIpc) is 3.06. The number of fused-ring (bicyclic) bond motifs is 1. The highest BCUT2D eigenvalue weighted by atomic mass is 35.5. The molecule has 1 N–H and O–H groups in total. The molecule has 1 aliphatic heterocycles. The molecule has 6 nitrogen and oxygen atoms in total. The standard InChI is InChI=1S/C19H25ClN4O2S/c1-4-21-19(24(3)11-15-12-27-13(2)23-15)22-6-5-14-9-16(20)18-17(10-14)25-7-8-26-18/h9-10,12H,4-8,11H2,1-3H3,(H,21,22). The van der Waals surface area contributed by atoms with Crippen molar-refractivity contribution in [2.75, 3.05) is 33.4 Å². The lowest BCUT2D eigenvalue weighted by molar-refractivity contribution is 0.171. The van der Waals surface area contributed by atoms with Gasteiger partial charge in [0.25, 0.3) is 0 Å². The third-order valence-corrected chi connectivity index (χ3v) is 5.18. The van der Waals surface area contributed by atoms with E-state index in [4.69, 9.17) is 26.1 Å². The normalized spacial score (nSPS) is 13.6. The molecule has 3 rings (SSSR count). The van der Waals surface area contributed by atoms with Gasteiger partial charge in [-0.05, 0) is 38.0 Å². The Morgan fingerprint density at radius 1 is 1.37 bits per heavy atom. The fourth-order valence-corrected chi connectivity index (χ4v) is 3.76. The third-order valence-electron chi connectivity index (χ3n) is 4.08. The van der Waals surface area contributed by atoms with Gasteiger partial charge in [0.1, 0.15) is 13.2 Å². The molecule has 0 amide bonds. The summed E-state index contributed by atoms with van der Waals surface area (Å²) in [6.45, 7) is 7.37. The van der Waals surface area contributed by atoms with Gasteiger partial charge in [0.05, 0.1) is 22.3 Å². The molecule has 0 bridgehead atoms. The summed E-state index contributed by atoms with van der Waals surface area (Å²) in [5.41, 5.74) is 2.14. The predicted molar refractivity (Wildman–Crippen MR) is 110 cm³/mol. The lowest BCUT2D eigenvalue weighted by Crippen LogP contribution is -2.38. The largest absolute Gasteiger partial charge is 0.486 e. The smallest absolute Gasteiger partial charge is 0.194 e. The summed E-state index contributed by atoms with van der Waals surface area (Å²) in [7, 11) is 2.02. The van der Waals surface area contributed by atoms with Gasteiger partial charge in [-0.15, -0.1) is 11.3 Å². The molecule has 0 radical (unpaired) electrons. The lowest BCUT2D eigenvalue weighted by atomic mass is 10.1. The minimum Gasteiger partial charge on any atom is -0.486 e. The van der Waals surface area contributed by atoms with Crippen molar-refractivity contribution in [2.45, 2.75) is 26.8 Å². The van der Waals surface area contributed by atoms with E-state index in [1.807, 2.05) is 26.1 Å². The van der Waals surface area contributed by atoms with E-state index in [0.29, 0.717) is 30.5 Å². The fraction of sp³-hybridized carbons (Fsp3) is 0.474. The minimum atomic E-state index is 0.535. The summed E-state index contributed by atoms with van der Waals surface area (Å²) in [5, 5.41) is 7.10. The van der Waals surface area contributed by atoms with Gasteiger partial charge in [-0.2, -0.15) is 0 Å². The first-order valence-corrected chi connectivity index (χ1v) is 10.3. The Hall–Kier alpha value is -1.99. The molecule has 2 aromatic rings. The molecule has 0 saturated carbocycles. The van der Waals surface area contributed by atoms with Crippen molar-refractivity contribution in [2.24, 2.45) is 4.99 Å². The molecule has 0 fully saturated rings. The van der Waals surface area contributed by atoms with Crippen molar-refractivity contribution < 1.29 is 9.47 Å². The van der Waals surface area contributed by atoms with Crippen molar-refractivity contribution >= 4 is 28.9 Å². The second-order valence-electron chi connectivity index (χ2n) is 6.30. The maximum Gasteiger partial charge on any atom is 0.194 e. The maximum absolute atomic E-state index is 6.31. The highest BCUT2D eigenvalue weighted by molar-refractivity contribution is 7.09. The Morgan fingerprint density at radius 3 is 2.93 bits per heavy atom. The summed E-state index contributed by atoms with van der Waals surface area (Å²) in [4.78, 5) is 11.4. The summed E-state index contributed by atoms with van der Waals surface area (Å²) < 4.78 is 11.2. The minimum absolute atomic E-state index is 0.535. The number of aromatic nitrogens is 1. The Morgan fingerprint density at radius 2 is 2.19 bits per heavy atom. The number of halogens is 1. The Labute approximate surface area is 169 Å².